The molecule has 8 heteroatoms. The second kappa shape index (κ2) is 7.02. The van der Waals surface area contributed by atoms with Crippen LogP contribution in [0.5, 0.6) is 0 Å². The number of rotatable bonds is 5. The molecule has 2 aromatic carbocycles. The molecule has 0 heterocycles. The molecule has 7 nitrogen and oxygen atoms in total. The molecule has 1 atom stereocenters. The molecule has 1 N–H and O–H groups in total. The van der Waals surface area contributed by atoms with E-state index in [-0.39, 0.29) is 22.5 Å². The van der Waals surface area contributed by atoms with Crippen molar-refractivity contribution in [1.29, 1.82) is 0 Å². The fourth-order valence-corrected chi connectivity index (χ4v) is 3.00. The third-order valence-electron chi connectivity index (χ3n) is 3.81. The topological polar surface area (TPSA) is 106 Å². The van der Waals surface area contributed by atoms with Crippen molar-refractivity contribution < 1.29 is 18.1 Å². The van der Waals surface area contributed by atoms with Gasteiger partial charge in [-0.3, -0.25) is 14.9 Å². The van der Waals surface area contributed by atoms with E-state index in [1.54, 1.807) is 26.0 Å². The molecule has 0 saturated heterocycles. The average molecular weight is 362 g/mol. The van der Waals surface area contributed by atoms with Gasteiger partial charge in [0.15, 0.2) is 9.84 Å². The van der Waals surface area contributed by atoms with Crippen molar-refractivity contribution in [3.05, 3.63) is 69.3 Å². The Morgan fingerprint density at radius 1 is 1.16 bits per heavy atom. The summed E-state index contributed by atoms with van der Waals surface area (Å²) in [7, 11) is -3.27. The van der Waals surface area contributed by atoms with Crippen molar-refractivity contribution >= 4 is 21.4 Å². The van der Waals surface area contributed by atoms with Gasteiger partial charge < -0.3 is 5.32 Å². The van der Waals surface area contributed by atoms with Crippen LogP contribution in [0.25, 0.3) is 0 Å². The summed E-state index contributed by atoms with van der Waals surface area (Å²) < 4.78 is 22.9. The number of carbonyl (C=O) groups is 1. The van der Waals surface area contributed by atoms with Crippen LogP contribution >= 0.6 is 0 Å². The highest BCUT2D eigenvalue weighted by molar-refractivity contribution is 7.90. The number of nitro groups is 1. The smallest absolute Gasteiger partial charge is 0.272 e. The number of nitrogens with one attached hydrogen (secondary N) is 1. The number of sulfone groups is 1. The monoisotopic (exact) mass is 362 g/mol. The van der Waals surface area contributed by atoms with Gasteiger partial charge in [0.25, 0.3) is 11.6 Å². The van der Waals surface area contributed by atoms with Crippen LogP contribution in [0.4, 0.5) is 5.69 Å². The van der Waals surface area contributed by atoms with Crippen molar-refractivity contribution in [2.75, 3.05) is 6.26 Å². The van der Waals surface area contributed by atoms with Crippen molar-refractivity contribution in [2.45, 2.75) is 24.8 Å². The van der Waals surface area contributed by atoms with E-state index in [1.165, 1.54) is 30.3 Å². The summed E-state index contributed by atoms with van der Waals surface area (Å²) in [6.45, 7) is 3.34. The number of hydrogen-bond acceptors (Lipinski definition) is 5. The zero-order valence-corrected chi connectivity index (χ0v) is 14.8. The lowest BCUT2D eigenvalue weighted by Crippen LogP contribution is -2.26. The van der Waals surface area contributed by atoms with Crippen LogP contribution in [0.3, 0.4) is 0 Å². The Bertz CT molecular complexity index is 921. The SMILES string of the molecule is Cc1cc(C(=O)N[C@@H](C)c2ccc(S(C)(=O)=O)cc2)ccc1[N+](=O)[O-]. The van der Waals surface area contributed by atoms with E-state index in [0.29, 0.717) is 11.1 Å². The van der Waals surface area contributed by atoms with Gasteiger partial charge in [-0.25, -0.2) is 8.42 Å². The molecular formula is C17H18N2O5S. The van der Waals surface area contributed by atoms with Gasteiger partial charge in [0, 0.05) is 23.4 Å². The molecule has 0 spiro atoms. The highest BCUT2D eigenvalue weighted by Gasteiger charge is 2.16. The summed E-state index contributed by atoms with van der Waals surface area (Å²) in [6.07, 6.45) is 1.13. The second-order valence-corrected chi connectivity index (χ2v) is 7.81. The van der Waals surface area contributed by atoms with E-state index in [9.17, 15) is 23.3 Å². The molecule has 0 bridgehead atoms. The average Bonchev–Trinajstić information content (AvgIpc) is 2.53. The quantitative estimate of drug-likeness (QED) is 0.650. The fraction of sp³-hybridized carbons (Fsp3) is 0.235. The molecular weight excluding hydrogens is 344 g/mol. The van der Waals surface area contributed by atoms with Gasteiger partial charge >= 0.3 is 0 Å². The third-order valence-corrected chi connectivity index (χ3v) is 4.94. The number of benzene rings is 2. The molecule has 0 aliphatic heterocycles. The number of hydrogen-bond donors (Lipinski definition) is 1. The predicted molar refractivity (Wildman–Crippen MR) is 93.3 cm³/mol. The van der Waals surface area contributed by atoms with Gasteiger partial charge in [-0.05, 0) is 43.7 Å². The Labute approximate surface area is 145 Å². The number of carbonyl (C=O) groups excluding carboxylic acids is 1. The van der Waals surface area contributed by atoms with E-state index in [1.807, 2.05) is 0 Å². The van der Waals surface area contributed by atoms with Crippen LogP contribution in [0.2, 0.25) is 0 Å². The summed E-state index contributed by atoms with van der Waals surface area (Å²) in [4.78, 5) is 22.8. The Morgan fingerprint density at radius 3 is 2.24 bits per heavy atom. The van der Waals surface area contributed by atoms with Crippen LogP contribution in [0.15, 0.2) is 47.4 Å². The molecule has 132 valence electrons. The first-order chi connectivity index (χ1) is 11.6. The number of nitrogens with zero attached hydrogens (tertiary/aromatic N) is 1. The summed E-state index contributed by atoms with van der Waals surface area (Å²) in [5.74, 6) is -0.363. The maximum Gasteiger partial charge on any atom is 0.272 e. The minimum atomic E-state index is -3.27. The third kappa shape index (κ3) is 4.42. The molecule has 0 aliphatic rings. The van der Waals surface area contributed by atoms with Gasteiger partial charge in [0.2, 0.25) is 0 Å². The molecule has 0 radical (unpaired) electrons. The van der Waals surface area contributed by atoms with Crippen LogP contribution in [0.1, 0.15) is 34.5 Å². The Kier molecular flexibility index (Phi) is 5.22. The molecule has 2 rings (SSSR count). The fourth-order valence-electron chi connectivity index (χ4n) is 2.37. The predicted octanol–water partition coefficient (Wildman–Crippen LogP) is 2.80. The van der Waals surface area contributed by atoms with Gasteiger partial charge in [-0.1, -0.05) is 12.1 Å². The van der Waals surface area contributed by atoms with E-state index >= 15 is 0 Å². The zero-order chi connectivity index (χ0) is 18.8. The maximum atomic E-state index is 12.3. The molecule has 25 heavy (non-hydrogen) atoms. The summed E-state index contributed by atoms with van der Waals surface area (Å²) in [5.41, 5.74) is 1.44. The molecule has 0 aliphatic carbocycles. The highest BCUT2D eigenvalue weighted by Crippen LogP contribution is 2.20. The lowest BCUT2D eigenvalue weighted by Gasteiger charge is -2.15. The Balaban J connectivity index is 2.15. The molecule has 1 amide bonds. The highest BCUT2D eigenvalue weighted by atomic mass is 32.2. The van der Waals surface area contributed by atoms with Crippen molar-refractivity contribution in [3.8, 4) is 0 Å². The van der Waals surface area contributed by atoms with Crippen molar-refractivity contribution in [2.24, 2.45) is 0 Å². The molecule has 2 aromatic rings. The van der Waals surface area contributed by atoms with Crippen LogP contribution < -0.4 is 5.32 Å². The van der Waals surface area contributed by atoms with Crippen LogP contribution in [-0.4, -0.2) is 25.5 Å². The van der Waals surface area contributed by atoms with Gasteiger partial charge in [0.1, 0.15) is 0 Å². The first kappa shape index (κ1) is 18.6. The Morgan fingerprint density at radius 2 is 1.76 bits per heavy atom. The zero-order valence-electron chi connectivity index (χ0n) is 14.0. The van der Waals surface area contributed by atoms with Gasteiger partial charge in [0.05, 0.1) is 15.9 Å². The first-order valence-corrected chi connectivity index (χ1v) is 9.34. The van der Waals surface area contributed by atoms with Crippen molar-refractivity contribution in [1.82, 2.24) is 5.32 Å². The largest absolute Gasteiger partial charge is 0.346 e. The van der Waals surface area contributed by atoms with Gasteiger partial charge in [-0.15, -0.1) is 0 Å². The van der Waals surface area contributed by atoms with E-state index in [2.05, 4.69) is 5.32 Å². The molecule has 0 fully saturated rings. The standard InChI is InChI=1S/C17H18N2O5S/c1-11-10-14(6-9-16(11)19(21)22)17(20)18-12(2)13-4-7-15(8-5-13)25(3,23)24/h4-10,12H,1-3H3,(H,18,20)/t12-/m0/s1. The second-order valence-electron chi connectivity index (χ2n) is 5.79. The summed E-state index contributed by atoms with van der Waals surface area (Å²) in [6, 6.07) is 10.1. The molecule has 0 aromatic heterocycles. The summed E-state index contributed by atoms with van der Waals surface area (Å²) >= 11 is 0. The van der Waals surface area contributed by atoms with Crippen molar-refractivity contribution in [3.63, 3.8) is 0 Å². The van der Waals surface area contributed by atoms with E-state index in [0.717, 1.165) is 11.8 Å². The minimum Gasteiger partial charge on any atom is -0.346 e. The maximum absolute atomic E-state index is 12.3. The molecule has 0 saturated carbocycles. The van der Waals surface area contributed by atoms with E-state index < -0.39 is 14.8 Å². The van der Waals surface area contributed by atoms with E-state index in [4.69, 9.17) is 0 Å². The molecule has 0 unspecified atom stereocenters. The van der Waals surface area contributed by atoms with Crippen LogP contribution in [0, 0.1) is 17.0 Å². The number of aryl methyl sites for hydroxylation is 1. The minimum absolute atomic E-state index is 0.0408. The summed E-state index contributed by atoms with van der Waals surface area (Å²) in [5, 5.41) is 13.6. The first-order valence-electron chi connectivity index (χ1n) is 7.45. The van der Waals surface area contributed by atoms with Crippen LogP contribution in [-0.2, 0) is 9.84 Å². The number of nitro benzene ring substituents is 1. The normalized spacial score (nSPS) is 12.4. The van der Waals surface area contributed by atoms with Gasteiger partial charge in [-0.2, -0.15) is 0 Å². The lowest BCUT2D eigenvalue weighted by atomic mass is 10.1. The lowest BCUT2D eigenvalue weighted by molar-refractivity contribution is -0.385. The Hall–Kier alpha value is -2.74. The number of amides is 1.